The Kier molecular flexibility index (Phi) is 1.35. The third-order valence-electron chi connectivity index (χ3n) is 1.33. The second-order valence-corrected chi connectivity index (χ2v) is 2.87. The molecule has 0 amide bonds. The van der Waals surface area contributed by atoms with Crippen LogP contribution in [0.2, 0.25) is 0 Å². The van der Waals surface area contributed by atoms with Gasteiger partial charge in [-0.05, 0) is 15.9 Å². The number of hydrogen-bond donors (Lipinski definition) is 1. The highest BCUT2D eigenvalue weighted by Gasteiger charge is 2.25. The first kappa shape index (κ1) is 6.66. The number of aliphatic imine (C=N–C) groups is 4. The van der Waals surface area contributed by atoms with E-state index in [1.54, 1.807) is 0 Å². The lowest BCUT2D eigenvalue weighted by molar-refractivity contribution is 1.15. The summed E-state index contributed by atoms with van der Waals surface area (Å²) in [5, 5.41) is 0. The number of guanidine groups is 1. The molecule has 56 valence electrons. The zero-order valence-electron chi connectivity index (χ0n) is 5.40. The lowest BCUT2D eigenvalue weighted by atomic mass is 10.3. The molecule has 2 N–H and O–H groups in total. The Labute approximate surface area is 71.0 Å². The van der Waals surface area contributed by atoms with E-state index in [-0.39, 0.29) is 12.0 Å². The third kappa shape index (κ3) is 0.988. The fraction of sp³-hybridized carbons (Fsp3) is 0.200. The van der Waals surface area contributed by atoms with Crippen LogP contribution in [0.5, 0.6) is 0 Å². The Morgan fingerprint density at radius 3 is 3.09 bits per heavy atom. The van der Waals surface area contributed by atoms with Gasteiger partial charge in [-0.15, -0.1) is 0 Å². The molecule has 6 heteroatoms. The van der Waals surface area contributed by atoms with Gasteiger partial charge in [0.1, 0.15) is 11.0 Å². The highest BCUT2D eigenvalue weighted by atomic mass is 79.9. The second kappa shape index (κ2) is 2.23. The molecule has 2 aliphatic rings. The van der Waals surface area contributed by atoms with Crippen LogP contribution in [-0.2, 0) is 0 Å². The monoisotopic (exact) mass is 213 g/mol. The molecule has 0 spiro atoms. The standard InChI is InChI=1S/C5H4BrN5/c6-3-2-4(9-1-8-2)11-5(7)10-3/h1-2H,(H2,7,8,9,11). The minimum Gasteiger partial charge on any atom is -0.368 e. The van der Waals surface area contributed by atoms with E-state index >= 15 is 0 Å². The molecule has 0 saturated heterocycles. The summed E-state index contributed by atoms with van der Waals surface area (Å²) in [6.45, 7) is 0. The van der Waals surface area contributed by atoms with Crippen molar-refractivity contribution in [3.05, 3.63) is 0 Å². The van der Waals surface area contributed by atoms with Crippen molar-refractivity contribution in [2.45, 2.75) is 6.04 Å². The fourth-order valence-electron chi connectivity index (χ4n) is 0.867. The predicted molar refractivity (Wildman–Crippen MR) is 47.7 cm³/mol. The Morgan fingerprint density at radius 1 is 1.45 bits per heavy atom. The zero-order valence-corrected chi connectivity index (χ0v) is 6.98. The first-order valence-electron chi connectivity index (χ1n) is 2.95. The van der Waals surface area contributed by atoms with E-state index in [2.05, 4.69) is 35.9 Å². The summed E-state index contributed by atoms with van der Waals surface area (Å²) in [7, 11) is 0. The number of hydrogen-bond acceptors (Lipinski definition) is 5. The van der Waals surface area contributed by atoms with Gasteiger partial charge >= 0.3 is 0 Å². The number of halogens is 1. The molecule has 0 fully saturated rings. The van der Waals surface area contributed by atoms with Gasteiger partial charge in [-0.2, -0.15) is 4.99 Å². The van der Waals surface area contributed by atoms with Crippen LogP contribution in [0.1, 0.15) is 0 Å². The second-order valence-electron chi connectivity index (χ2n) is 2.06. The van der Waals surface area contributed by atoms with Crippen LogP contribution in [0.25, 0.3) is 0 Å². The van der Waals surface area contributed by atoms with Gasteiger partial charge < -0.3 is 5.73 Å². The molecule has 5 nitrogen and oxygen atoms in total. The Morgan fingerprint density at radius 2 is 2.27 bits per heavy atom. The summed E-state index contributed by atoms with van der Waals surface area (Å²) in [4.78, 5) is 15.7. The van der Waals surface area contributed by atoms with Crippen molar-refractivity contribution < 1.29 is 0 Å². The zero-order chi connectivity index (χ0) is 7.84. The van der Waals surface area contributed by atoms with Crippen LogP contribution in [0, 0.1) is 0 Å². The maximum atomic E-state index is 5.38. The first-order chi connectivity index (χ1) is 5.27. The van der Waals surface area contributed by atoms with Crippen LogP contribution < -0.4 is 5.73 Å². The van der Waals surface area contributed by atoms with Crippen molar-refractivity contribution >= 4 is 38.7 Å². The molecule has 11 heavy (non-hydrogen) atoms. The van der Waals surface area contributed by atoms with Crippen LogP contribution >= 0.6 is 15.9 Å². The summed E-state index contributed by atoms with van der Waals surface area (Å²) < 4.78 is 0.664. The number of rotatable bonds is 0. The molecule has 1 atom stereocenters. The molecule has 2 rings (SSSR count). The van der Waals surface area contributed by atoms with Crippen LogP contribution in [0.15, 0.2) is 20.0 Å². The van der Waals surface area contributed by atoms with Gasteiger partial charge in [0.15, 0.2) is 11.9 Å². The summed E-state index contributed by atoms with van der Waals surface area (Å²) in [5.74, 6) is 0.821. The minimum atomic E-state index is -0.165. The largest absolute Gasteiger partial charge is 0.368 e. The van der Waals surface area contributed by atoms with E-state index in [0.717, 1.165) is 0 Å². The van der Waals surface area contributed by atoms with E-state index < -0.39 is 0 Å². The lowest BCUT2D eigenvalue weighted by Crippen LogP contribution is -2.29. The van der Waals surface area contributed by atoms with Crippen molar-refractivity contribution in [2.24, 2.45) is 25.7 Å². The van der Waals surface area contributed by atoms with Gasteiger partial charge in [0.05, 0.1) is 0 Å². The van der Waals surface area contributed by atoms with E-state index in [0.29, 0.717) is 10.5 Å². The van der Waals surface area contributed by atoms with Crippen molar-refractivity contribution in [3.63, 3.8) is 0 Å². The van der Waals surface area contributed by atoms with Crippen molar-refractivity contribution in [2.75, 3.05) is 0 Å². The van der Waals surface area contributed by atoms with Gasteiger partial charge in [-0.25, -0.2) is 9.98 Å². The molecule has 0 bridgehead atoms. The van der Waals surface area contributed by atoms with E-state index in [4.69, 9.17) is 5.73 Å². The van der Waals surface area contributed by atoms with Gasteiger partial charge in [0.25, 0.3) is 0 Å². The maximum Gasteiger partial charge on any atom is 0.222 e. The number of fused-ring (bicyclic) bond motifs is 1. The fourth-order valence-corrected chi connectivity index (χ4v) is 1.37. The average Bonchev–Trinajstić information content (AvgIpc) is 2.34. The molecule has 0 radical (unpaired) electrons. The molecule has 2 aliphatic heterocycles. The third-order valence-corrected chi connectivity index (χ3v) is 1.94. The molecular weight excluding hydrogens is 210 g/mol. The van der Waals surface area contributed by atoms with Gasteiger partial charge in [-0.1, -0.05) is 0 Å². The summed E-state index contributed by atoms with van der Waals surface area (Å²) in [6.07, 6.45) is 1.46. The predicted octanol–water partition coefficient (Wildman–Crippen LogP) is -0.0829. The van der Waals surface area contributed by atoms with E-state index in [9.17, 15) is 0 Å². The normalized spacial score (nSPS) is 27.4. The highest BCUT2D eigenvalue weighted by molar-refractivity contribution is 9.18. The van der Waals surface area contributed by atoms with Gasteiger partial charge in [0.2, 0.25) is 5.96 Å². The number of nitrogens with zero attached hydrogens (tertiary/aromatic N) is 4. The van der Waals surface area contributed by atoms with Crippen LogP contribution in [0.3, 0.4) is 0 Å². The van der Waals surface area contributed by atoms with Gasteiger partial charge in [0, 0.05) is 0 Å². The topological polar surface area (TPSA) is 75.5 Å². The summed E-state index contributed by atoms with van der Waals surface area (Å²) >= 11 is 3.23. The molecular formula is C5H4BrN5. The van der Waals surface area contributed by atoms with E-state index in [1.165, 1.54) is 6.34 Å². The lowest BCUT2D eigenvalue weighted by Gasteiger charge is -2.09. The minimum absolute atomic E-state index is 0.165. The highest BCUT2D eigenvalue weighted by Crippen LogP contribution is 2.13. The molecule has 0 aromatic carbocycles. The Bertz CT molecular complexity index is 313. The SMILES string of the molecule is NC1=NC2=NC=NC2C(Br)=N1. The molecule has 0 aromatic heterocycles. The first-order valence-corrected chi connectivity index (χ1v) is 3.74. The molecule has 0 aromatic rings. The molecule has 2 heterocycles. The smallest absolute Gasteiger partial charge is 0.222 e. The van der Waals surface area contributed by atoms with Gasteiger partial charge in [-0.3, -0.25) is 4.99 Å². The number of nitrogens with two attached hydrogens (primary N) is 1. The summed E-state index contributed by atoms with van der Waals surface area (Å²) in [5.41, 5.74) is 5.38. The average molecular weight is 214 g/mol. The van der Waals surface area contributed by atoms with Crippen LogP contribution in [-0.4, -0.2) is 28.8 Å². The van der Waals surface area contributed by atoms with Crippen molar-refractivity contribution in [1.82, 2.24) is 0 Å². The van der Waals surface area contributed by atoms with Crippen molar-refractivity contribution in [3.8, 4) is 0 Å². The van der Waals surface area contributed by atoms with E-state index in [1.807, 2.05) is 0 Å². The van der Waals surface area contributed by atoms with Crippen molar-refractivity contribution in [1.29, 1.82) is 0 Å². The molecule has 1 unspecified atom stereocenters. The maximum absolute atomic E-state index is 5.38. The molecule has 0 saturated carbocycles. The molecule has 0 aliphatic carbocycles. The summed E-state index contributed by atoms with van der Waals surface area (Å²) in [6, 6.07) is -0.165. The Hall–Kier alpha value is -1.04. The Balaban J connectivity index is 2.45. The quantitative estimate of drug-likeness (QED) is 0.601. The van der Waals surface area contributed by atoms with Crippen LogP contribution in [0.4, 0.5) is 0 Å². The number of amidine groups is 1.